The lowest BCUT2D eigenvalue weighted by Gasteiger charge is -2.07. The fraction of sp³-hybridized carbons (Fsp3) is 0.208. The first-order valence-electron chi connectivity index (χ1n) is 10.2. The number of nitrogens with zero attached hydrogens (tertiary/aromatic N) is 3. The van der Waals surface area contributed by atoms with Crippen molar-refractivity contribution in [3.8, 4) is 11.5 Å². The van der Waals surface area contributed by atoms with E-state index in [4.69, 9.17) is 4.74 Å². The van der Waals surface area contributed by atoms with Crippen molar-refractivity contribution < 1.29 is 13.9 Å². The molecule has 6 nitrogen and oxygen atoms in total. The first kappa shape index (κ1) is 20.5. The fourth-order valence-corrected chi connectivity index (χ4v) is 3.25. The minimum Gasteiger partial charge on any atom is -0.457 e. The number of ether oxygens (including phenoxy) is 1. The maximum atomic E-state index is 13.1. The van der Waals surface area contributed by atoms with E-state index in [-0.39, 0.29) is 11.6 Å². The van der Waals surface area contributed by atoms with Crippen molar-refractivity contribution in [1.82, 2.24) is 14.5 Å². The number of aryl methyl sites for hydroxylation is 1. The van der Waals surface area contributed by atoms with Crippen molar-refractivity contribution in [2.24, 2.45) is 7.05 Å². The molecule has 0 radical (unpaired) electrons. The van der Waals surface area contributed by atoms with Gasteiger partial charge in [0.15, 0.2) is 5.78 Å². The van der Waals surface area contributed by atoms with Crippen LogP contribution in [0.25, 0.3) is 11.0 Å². The van der Waals surface area contributed by atoms with E-state index in [1.807, 2.05) is 29.8 Å². The third-order valence-electron chi connectivity index (χ3n) is 4.96. The van der Waals surface area contributed by atoms with E-state index in [9.17, 15) is 9.18 Å². The number of aromatic nitrogens is 3. The van der Waals surface area contributed by atoms with E-state index >= 15 is 0 Å². The Labute approximate surface area is 179 Å². The van der Waals surface area contributed by atoms with Gasteiger partial charge in [-0.1, -0.05) is 13.3 Å². The second-order valence-corrected chi connectivity index (χ2v) is 7.28. The highest BCUT2D eigenvalue weighted by atomic mass is 19.1. The van der Waals surface area contributed by atoms with E-state index in [1.54, 1.807) is 30.5 Å². The van der Waals surface area contributed by atoms with Crippen LogP contribution in [0.15, 0.2) is 60.8 Å². The van der Waals surface area contributed by atoms with Crippen molar-refractivity contribution in [1.29, 1.82) is 0 Å². The molecule has 0 aliphatic carbocycles. The van der Waals surface area contributed by atoms with Gasteiger partial charge in [0.1, 0.15) is 23.0 Å². The summed E-state index contributed by atoms with van der Waals surface area (Å²) in [6.45, 7) is 2.05. The predicted octanol–water partition coefficient (Wildman–Crippen LogP) is 6.02. The second kappa shape index (κ2) is 8.95. The zero-order chi connectivity index (χ0) is 21.8. The van der Waals surface area contributed by atoms with Gasteiger partial charge in [-0.25, -0.2) is 9.37 Å². The minimum absolute atomic E-state index is 0.0176. The van der Waals surface area contributed by atoms with Crippen LogP contribution in [0.2, 0.25) is 0 Å². The largest absolute Gasteiger partial charge is 0.457 e. The summed E-state index contributed by atoms with van der Waals surface area (Å²) < 4.78 is 21.0. The lowest BCUT2D eigenvalue weighted by molar-refractivity contribution is 0.0974. The Balaban J connectivity index is 1.54. The van der Waals surface area contributed by atoms with E-state index in [0.717, 1.165) is 29.6 Å². The molecular weight excluding hydrogens is 395 g/mol. The molecule has 0 atom stereocenters. The fourth-order valence-electron chi connectivity index (χ4n) is 3.25. The highest BCUT2D eigenvalue weighted by Gasteiger charge is 2.11. The van der Waals surface area contributed by atoms with Crippen LogP contribution in [0, 0.1) is 5.82 Å². The number of rotatable bonds is 8. The zero-order valence-electron chi connectivity index (χ0n) is 17.4. The average molecular weight is 418 g/mol. The van der Waals surface area contributed by atoms with Gasteiger partial charge >= 0.3 is 0 Å². The van der Waals surface area contributed by atoms with Crippen LogP contribution in [0.1, 0.15) is 36.7 Å². The molecule has 0 aliphatic heterocycles. The molecule has 0 saturated carbocycles. The Morgan fingerprint density at radius 1 is 1.10 bits per heavy atom. The summed E-state index contributed by atoms with van der Waals surface area (Å²) in [5.41, 5.74) is 2.82. The summed E-state index contributed by atoms with van der Waals surface area (Å²) in [7, 11) is 1.90. The number of hydrogen-bond donors (Lipinski definition) is 1. The Bertz CT molecular complexity index is 1220. The molecule has 7 heteroatoms. The molecule has 0 fully saturated rings. The number of imidazole rings is 1. The third kappa shape index (κ3) is 4.71. The molecule has 4 rings (SSSR count). The Hall–Kier alpha value is -3.74. The van der Waals surface area contributed by atoms with E-state index in [2.05, 4.69) is 22.2 Å². The van der Waals surface area contributed by atoms with Crippen molar-refractivity contribution in [3.63, 3.8) is 0 Å². The first-order chi connectivity index (χ1) is 15.0. The number of fused-ring (bicyclic) bond motifs is 1. The lowest BCUT2D eigenvalue weighted by Crippen LogP contribution is -2.02. The number of benzene rings is 2. The highest BCUT2D eigenvalue weighted by Crippen LogP contribution is 2.28. The van der Waals surface area contributed by atoms with Crippen LogP contribution >= 0.6 is 0 Å². The lowest BCUT2D eigenvalue weighted by atomic mass is 10.1. The van der Waals surface area contributed by atoms with Crippen LogP contribution in [0.3, 0.4) is 0 Å². The van der Waals surface area contributed by atoms with Crippen LogP contribution in [0.4, 0.5) is 16.0 Å². The summed E-state index contributed by atoms with van der Waals surface area (Å²) in [5.74, 6) is 1.52. The Morgan fingerprint density at radius 3 is 2.65 bits per heavy atom. The standard InChI is InChI=1S/C24H23FN4O2/c1-3-4-5-23(30)21-15-19(12-13-26-21)31-18-10-11-22-20(14-18)28-24(29(22)2)27-17-8-6-16(25)7-9-17/h6-15H,3-5H2,1-2H3,(H,27,28). The van der Waals surface area contributed by atoms with Gasteiger partial charge in [0, 0.05) is 37.5 Å². The quantitative estimate of drug-likeness (QED) is 0.355. The van der Waals surface area contributed by atoms with Gasteiger partial charge in [-0.3, -0.25) is 9.78 Å². The number of unbranched alkanes of at least 4 members (excludes halogenated alkanes) is 1. The first-order valence-corrected chi connectivity index (χ1v) is 10.2. The summed E-state index contributed by atoms with van der Waals surface area (Å²) in [6, 6.07) is 15.1. The van der Waals surface area contributed by atoms with Gasteiger partial charge < -0.3 is 14.6 Å². The number of halogens is 1. The second-order valence-electron chi connectivity index (χ2n) is 7.28. The summed E-state index contributed by atoms with van der Waals surface area (Å²) in [6.07, 6.45) is 3.87. The summed E-state index contributed by atoms with van der Waals surface area (Å²) >= 11 is 0. The maximum absolute atomic E-state index is 13.1. The molecule has 4 aromatic rings. The number of hydrogen-bond acceptors (Lipinski definition) is 5. The SMILES string of the molecule is CCCCC(=O)c1cc(Oc2ccc3c(c2)nc(Nc2ccc(F)cc2)n3C)ccn1. The number of ketones is 1. The van der Waals surface area contributed by atoms with Gasteiger partial charge in [0.05, 0.1) is 11.0 Å². The van der Waals surface area contributed by atoms with Crippen molar-refractivity contribution in [2.45, 2.75) is 26.2 Å². The number of pyridine rings is 1. The smallest absolute Gasteiger partial charge is 0.208 e. The highest BCUT2D eigenvalue weighted by molar-refractivity contribution is 5.94. The van der Waals surface area contributed by atoms with Gasteiger partial charge in [0.2, 0.25) is 5.95 Å². The van der Waals surface area contributed by atoms with Gasteiger partial charge in [0.25, 0.3) is 0 Å². The van der Waals surface area contributed by atoms with Crippen LogP contribution < -0.4 is 10.1 Å². The summed E-state index contributed by atoms with van der Waals surface area (Å²) in [4.78, 5) is 21.0. The normalized spacial score (nSPS) is 10.9. The molecule has 1 N–H and O–H groups in total. The molecule has 0 spiro atoms. The molecule has 0 saturated heterocycles. The van der Waals surface area contributed by atoms with Crippen LogP contribution in [-0.2, 0) is 7.05 Å². The molecule has 31 heavy (non-hydrogen) atoms. The predicted molar refractivity (Wildman–Crippen MR) is 119 cm³/mol. The van der Waals surface area contributed by atoms with Crippen molar-refractivity contribution in [2.75, 3.05) is 5.32 Å². The average Bonchev–Trinajstić information content (AvgIpc) is 3.08. The molecule has 2 aromatic carbocycles. The van der Waals surface area contributed by atoms with Crippen LogP contribution in [-0.4, -0.2) is 20.3 Å². The van der Waals surface area contributed by atoms with Gasteiger partial charge in [-0.15, -0.1) is 0 Å². The zero-order valence-corrected chi connectivity index (χ0v) is 17.4. The molecule has 0 aliphatic rings. The maximum Gasteiger partial charge on any atom is 0.208 e. The molecule has 0 unspecified atom stereocenters. The minimum atomic E-state index is -0.288. The number of nitrogens with one attached hydrogen (secondary N) is 1. The molecule has 2 heterocycles. The number of Topliss-reactive ketones (excluding diaryl/α,β-unsaturated/α-hetero) is 1. The Kier molecular flexibility index (Phi) is 5.93. The molecular formula is C24H23FN4O2. The third-order valence-corrected chi connectivity index (χ3v) is 4.96. The number of anilines is 2. The van der Waals surface area contributed by atoms with Gasteiger partial charge in [-0.2, -0.15) is 0 Å². The number of carbonyl (C=O) groups is 1. The molecule has 0 bridgehead atoms. The molecule has 0 amide bonds. The van der Waals surface area contributed by atoms with E-state index < -0.39 is 0 Å². The molecule has 2 aromatic heterocycles. The van der Waals surface area contributed by atoms with Crippen LogP contribution in [0.5, 0.6) is 11.5 Å². The monoisotopic (exact) mass is 418 g/mol. The molecule has 158 valence electrons. The van der Waals surface area contributed by atoms with Gasteiger partial charge in [-0.05, 0) is 48.9 Å². The van der Waals surface area contributed by atoms with E-state index in [0.29, 0.717) is 29.6 Å². The van der Waals surface area contributed by atoms with Crippen molar-refractivity contribution >= 4 is 28.5 Å². The Morgan fingerprint density at radius 2 is 1.87 bits per heavy atom. The van der Waals surface area contributed by atoms with Crippen molar-refractivity contribution in [3.05, 3.63) is 72.3 Å². The number of carbonyl (C=O) groups excluding carboxylic acids is 1. The van der Waals surface area contributed by atoms with E-state index in [1.165, 1.54) is 12.1 Å². The topological polar surface area (TPSA) is 69.0 Å². The summed E-state index contributed by atoms with van der Waals surface area (Å²) in [5, 5.41) is 3.19.